The maximum absolute atomic E-state index is 11.7. The van der Waals surface area contributed by atoms with Crippen LogP contribution < -0.4 is 10.6 Å². The average Bonchev–Trinajstić information content (AvgIpc) is 2.44. The zero-order chi connectivity index (χ0) is 16.6. The Hall–Kier alpha value is -2.08. The van der Waals surface area contributed by atoms with Gasteiger partial charge in [-0.3, -0.25) is 0 Å². The van der Waals surface area contributed by atoms with E-state index < -0.39 is 17.7 Å². The third-order valence-electron chi connectivity index (χ3n) is 2.71. The van der Waals surface area contributed by atoms with Crippen LogP contribution >= 0.6 is 0 Å². The molecule has 1 atom stereocenters. The minimum absolute atomic E-state index is 0.605. The van der Waals surface area contributed by atoms with Crippen LogP contribution in [-0.2, 0) is 14.3 Å². The van der Waals surface area contributed by atoms with Crippen molar-refractivity contribution in [3.63, 3.8) is 0 Å². The normalized spacial score (nSPS) is 12.4. The van der Waals surface area contributed by atoms with Gasteiger partial charge in [-0.1, -0.05) is 12.1 Å². The lowest BCUT2D eigenvalue weighted by Gasteiger charge is -2.21. The van der Waals surface area contributed by atoms with E-state index in [0.717, 1.165) is 5.69 Å². The number of alkyl carbamates (subject to hydrolysis) is 1. The molecular weight excluding hydrogens is 284 g/mol. The Labute approximate surface area is 131 Å². The number of hydrogen-bond donors (Lipinski definition) is 2. The predicted octanol–water partition coefficient (Wildman–Crippen LogP) is 2.51. The average molecular weight is 308 g/mol. The standard InChI is InChI=1S/C16H24N2O4/c1-16(2,3)22-15(20)18-14(11-19)12-5-7-13(8-6-12)17-9-10-21-4/h5-8,11,14,17H,9-10H2,1-4H3,(H,18,20). The maximum atomic E-state index is 11.7. The second-order valence-electron chi connectivity index (χ2n) is 5.80. The summed E-state index contributed by atoms with van der Waals surface area (Å²) in [6.07, 6.45) is 0.0592. The first-order valence-electron chi connectivity index (χ1n) is 7.13. The van der Waals surface area contributed by atoms with Gasteiger partial charge in [0.2, 0.25) is 0 Å². The molecule has 6 heteroatoms. The van der Waals surface area contributed by atoms with E-state index in [1.54, 1.807) is 40.0 Å². The van der Waals surface area contributed by atoms with Gasteiger partial charge in [0.1, 0.15) is 17.9 Å². The Balaban J connectivity index is 2.63. The summed E-state index contributed by atoms with van der Waals surface area (Å²) in [6.45, 7) is 6.61. The third-order valence-corrected chi connectivity index (χ3v) is 2.71. The van der Waals surface area contributed by atoms with Crippen molar-refractivity contribution in [2.45, 2.75) is 32.4 Å². The molecule has 122 valence electrons. The molecular formula is C16H24N2O4. The highest BCUT2D eigenvalue weighted by Crippen LogP contribution is 2.16. The van der Waals surface area contributed by atoms with Crippen molar-refractivity contribution >= 4 is 18.1 Å². The third kappa shape index (κ3) is 6.58. The molecule has 0 spiro atoms. The SMILES string of the molecule is COCCNc1ccc(C(C=O)NC(=O)OC(C)(C)C)cc1. The second kappa shape index (κ2) is 8.38. The smallest absolute Gasteiger partial charge is 0.408 e. The molecule has 2 N–H and O–H groups in total. The van der Waals surface area contributed by atoms with E-state index in [1.807, 2.05) is 12.1 Å². The number of nitrogens with one attached hydrogen (secondary N) is 2. The summed E-state index contributed by atoms with van der Waals surface area (Å²) in [7, 11) is 1.64. The zero-order valence-electron chi connectivity index (χ0n) is 13.5. The molecule has 0 radical (unpaired) electrons. The van der Waals surface area contributed by atoms with Gasteiger partial charge >= 0.3 is 6.09 Å². The van der Waals surface area contributed by atoms with Gasteiger partial charge in [-0.25, -0.2) is 4.79 Å². The molecule has 0 bridgehead atoms. The Kier molecular flexibility index (Phi) is 6.85. The highest BCUT2D eigenvalue weighted by atomic mass is 16.6. The molecule has 0 saturated heterocycles. The largest absolute Gasteiger partial charge is 0.444 e. The van der Waals surface area contributed by atoms with Crippen LogP contribution in [0.4, 0.5) is 10.5 Å². The van der Waals surface area contributed by atoms with Gasteiger partial charge < -0.3 is 24.9 Å². The van der Waals surface area contributed by atoms with E-state index in [1.165, 1.54) is 0 Å². The second-order valence-corrected chi connectivity index (χ2v) is 5.80. The van der Waals surface area contributed by atoms with Crippen LogP contribution in [-0.4, -0.2) is 38.2 Å². The highest BCUT2D eigenvalue weighted by molar-refractivity contribution is 5.74. The molecule has 1 unspecified atom stereocenters. The first-order valence-corrected chi connectivity index (χ1v) is 7.13. The fraction of sp³-hybridized carbons (Fsp3) is 0.500. The molecule has 0 aliphatic rings. The fourth-order valence-electron chi connectivity index (χ4n) is 1.74. The van der Waals surface area contributed by atoms with E-state index in [4.69, 9.17) is 9.47 Å². The fourth-order valence-corrected chi connectivity index (χ4v) is 1.74. The lowest BCUT2D eigenvalue weighted by atomic mass is 10.1. The number of carbonyl (C=O) groups excluding carboxylic acids is 2. The van der Waals surface area contributed by atoms with E-state index in [9.17, 15) is 9.59 Å². The van der Waals surface area contributed by atoms with Crippen molar-refractivity contribution < 1.29 is 19.1 Å². The van der Waals surface area contributed by atoms with E-state index in [0.29, 0.717) is 25.0 Å². The van der Waals surface area contributed by atoms with E-state index in [2.05, 4.69) is 10.6 Å². The van der Waals surface area contributed by atoms with Gasteiger partial charge in [0, 0.05) is 19.3 Å². The monoisotopic (exact) mass is 308 g/mol. The van der Waals surface area contributed by atoms with Crippen LogP contribution in [0.1, 0.15) is 32.4 Å². The van der Waals surface area contributed by atoms with Gasteiger partial charge in [-0.2, -0.15) is 0 Å². The van der Waals surface area contributed by atoms with Crippen LogP contribution in [0.5, 0.6) is 0 Å². The Bertz CT molecular complexity index is 480. The summed E-state index contributed by atoms with van der Waals surface area (Å²) >= 11 is 0. The summed E-state index contributed by atoms with van der Waals surface area (Å²) in [5.41, 5.74) is 1.01. The number of anilines is 1. The summed E-state index contributed by atoms with van der Waals surface area (Å²) in [6, 6.07) is 6.52. The number of methoxy groups -OCH3 is 1. The van der Waals surface area contributed by atoms with Crippen molar-refractivity contribution in [3.05, 3.63) is 29.8 Å². The lowest BCUT2D eigenvalue weighted by Crippen LogP contribution is -2.35. The number of amides is 1. The molecule has 1 aromatic rings. The van der Waals surface area contributed by atoms with Crippen molar-refractivity contribution in [2.75, 3.05) is 25.6 Å². The van der Waals surface area contributed by atoms with Gasteiger partial charge in [-0.15, -0.1) is 0 Å². The van der Waals surface area contributed by atoms with Crippen molar-refractivity contribution in [1.82, 2.24) is 5.32 Å². The van der Waals surface area contributed by atoms with Gasteiger partial charge in [-0.05, 0) is 38.5 Å². The molecule has 0 saturated carbocycles. The molecule has 1 aromatic carbocycles. The summed E-state index contributed by atoms with van der Waals surface area (Å²) < 4.78 is 10.1. The number of aldehydes is 1. The first kappa shape index (κ1) is 18.0. The summed E-state index contributed by atoms with van der Waals surface area (Å²) in [4.78, 5) is 22.9. The minimum atomic E-state index is -0.733. The van der Waals surface area contributed by atoms with Crippen LogP contribution in [0.3, 0.4) is 0 Å². The van der Waals surface area contributed by atoms with Crippen molar-refractivity contribution in [1.29, 1.82) is 0 Å². The molecule has 0 aliphatic carbocycles. The molecule has 0 fully saturated rings. The molecule has 0 aromatic heterocycles. The van der Waals surface area contributed by atoms with Crippen molar-refractivity contribution in [3.8, 4) is 0 Å². The van der Waals surface area contributed by atoms with Gasteiger partial charge in [0.15, 0.2) is 0 Å². The lowest BCUT2D eigenvalue weighted by molar-refractivity contribution is -0.109. The minimum Gasteiger partial charge on any atom is -0.444 e. The van der Waals surface area contributed by atoms with E-state index in [-0.39, 0.29) is 0 Å². The topological polar surface area (TPSA) is 76.7 Å². The zero-order valence-corrected chi connectivity index (χ0v) is 13.5. The van der Waals surface area contributed by atoms with Crippen LogP contribution in [0.15, 0.2) is 24.3 Å². The molecule has 0 heterocycles. The molecule has 1 rings (SSSR count). The number of carbonyl (C=O) groups is 2. The van der Waals surface area contributed by atoms with Crippen LogP contribution in [0.25, 0.3) is 0 Å². The number of ether oxygens (including phenoxy) is 2. The van der Waals surface area contributed by atoms with Gasteiger partial charge in [0.25, 0.3) is 0 Å². The Morgan fingerprint density at radius 1 is 1.27 bits per heavy atom. The molecule has 6 nitrogen and oxygen atoms in total. The highest BCUT2D eigenvalue weighted by Gasteiger charge is 2.20. The summed E-state index contributed by atoms with van der Waals surface area (Å²) in [5, 5.41) is 5.72. The molecule has 0 aliphatic heterocycles. The van der Waals surface area contributed by atoms with E-state index >= 15 is 0 Å². The predicted molar refractivity (Wildman–Crippen MR) is 85.0 cm³/mol. The number of hydrogen-bond acceptors (Lipinski definition) is 5. The summed E-state index contributed by atoms with van der Waals surface area (Å²) in [5.74, 6) is 0. The molecule has 22 heavy (non-hydrogen) atoms. The maximum Gasteiger partial charge on any atom is 0.408 e. The molecule has 1 amide bonds. The quantitative estimate of drug-likeness (QED) is 0.598. The number of rotatable bonds is 7. The van der Waals surface area contributed by atoms with Crippen LogP contribution in [0.2, 0.25) is 0 Å². The first-order chi connectivity index (χ1) is 10.4. The Morgan fingerprint density at radius 2 is 1.91 bits per heavy atom. The Morgan fingerprint density at radius 3 is 2.41 bits per heavy atom. The van der Waals surface area contributed by atoms with Crippen LogP contribution in [0, 0.1) is 0 Å². The van der Waals surface area contributed by atoms with Gasteiger partial charge in [0.05, 0.1) is 6.61 Å². The number of benzene rings is 1. The van der Waals surface area contributed by atoms with Crippen molar-refractivity contribution in [2.24, 2.45) is 0 Å².